The molecule has 1 heterocycles. The van der Waals surface area contributed by atoms with E-state index in [1.807, 2.05) is 0 Å². The Balaban J connectivity index is 1.81. The van der Waals surface area contributed by atoms with E-state index in [2.05, 4.69) is 10.1 Å². The van der Waals surface area contributed by atoms with Crippen molar-refractivity contribution >= 4 is 0 Å². The van der Waals surface area contributed by atoms with Crippen LogP contribution >= 0.6 is 0 Å². The van der Waals surface area contributed by atoms with Crippen molar-refractivity contribution in [3.63, 3.8) is 0 Å². The summed E-state index contributed by atoms with van der Waals surface area (Å²) in [6, 6.07) is 5.74. The first-order valence-electron chi connectivity index (χ1n) is 6.12. The minimum atomic E-state index is -4.65. The zero-order valence-corrected chi connectivity index (χ0v) is 10.3. The standard InChI is InChI=1S/C13H15F3NO2/c14-13(15,16)19-12-3-1-10(2-4-12)9-18-11-5-7-17-8-6-11/h1-4,11H,5-9H2. The number of piperidine rings is 1. The number of alkyl halides is 3. The third-order valence-electron chi connectivity index (χ3n) is 2.86. The second-order valence-corrected chi connectivity index (χ2v) is 4.37. The Bertz CT molecular complexity index is 386. The lowest BCUT2D eigenvalue weighted by molar-refractivity contribution is -0.274. The van der Waals surface area contributed by atoms with E-state index in [0.717, 1.165) is 31.5 Å². The average molecular weight is 274 g/mol. The van der Waals surface area contributed by atoms with Gasteiger partial charge in [0, 0.05) is 13.1 Å². The van der Waals surface area contributed by atoms with E-state index < -0.39 is 6.36 Å². The van der Waals surface area contributed by atoms with E-state index in [1.54, 1.807) is 12.1 Å². The number of halogens is 3. The highest BCUT2D eigenvalue weighted by molar-refractivity contribution is 5.27. The van der Waals surface area contributed by atoms with Crippen molar-refractivity contribution in [2.75, 3.05) is 13.1 Å². The predicted molar refractivity (Wildman–Crippen MR) is 62.8 cm³/mol. The third kappa shape index (κ3) is 5.08. The van der Waals surface area contributed by atoms with Crippen LogP contribution in [0.25, 0.3) is 0 Å². The minimum Gasteiger partial charge on any atom is -0.406 e. The Morgan fingerprint density at radius 1 is 1.11 bits per heavy atom. The number of ether oxygens (including phenoxy) is 2. The van der Waals surface area contributed by atoms with E-state index in [-0.39, 0.29) is 11.9 Å². The zero-order chi connectivity index (χ0) is 13.7. The minimum absolute atomic E-state index is 0.198. The highest BCUT2D eigenvalue weighted by Gasteiger charge is 2.30. The number of rotatable bonds is 4. The summed E-state index contributed by atoms with van der Waals surface area (Å²) in [7, 11) is 0. The lowest BCUT2D eigenvalue weighted by Gasteiger charge is -2.22. The molecule has 1 aromatic rings. The van der Waals surface area contributed by atoms with Crippen LogP contribution < -0.4 is 10.1 Å². The van der Waals surface area contributed by atoms with Crippen LogP contribution in [0.1, 0.15) is 18.4 Å². The fourth-order valence-corrected chi connectivity index (χ4v) is 1.89. The molecule has 0 aliphatic carbocycles. The fraction of sp³-hybridized carbons (Fsp3) is 0.538. The van der Waals surface area contributed by atoms with Crippen LogP contribution in [0, 0.1) is 0 Å². The maximum absolute atomic E-state index is 12.0. The maximum atomic E-state index is 12.0. The molecule has 6 heteroatoms. The van der Waals surface area contributed by atoms with E-state index >= 15 is 0 Å². The average Bonchev–Trinajstić information content (AvgIpc) is 2.37. The van der Waals surface area contributed by atoms with Gasteiger partial charge < -0.3 is 9.47 Å². The maximum Gasteiger partial charge on any atom is 0.573 e. The van der Waals surface area contributed by atoms with Crippen LogP contribution in [-0.2, 0) is 11.3 Å². The molecule has 0 N–H and O–H groups in total. The second-order valence-electron chi connectivity index (χ2n) is 4.37. The van der Waals surface area contributed by atoms with Gasteiger partial charge in [-0.1, -0.05) is 12.1 Å². The first-order valence-corrected chi connectivity index (χ1v) is 6.12. The van der Waals surface area contributed by atoms with Crippen molar-refractivity contribution in [1.29, 1.82) is 0 Å². The molecule has 1 aromatic carbocycles. The largest absolute Gasteiger partial charge is 0.573 e. The highest BCUT2D eigenvalue weighted by Crippen LogP contribution is 2.23. The van der Waals surface area contributed by atoms with Crippen molar-refractivity contribution in [3.05, 3.63) is 29.8 Å². The van der Waals surface area contributed by atoms with Gasteiger partial charge in [-0.2, -0.15) is 0 Å². The fourth-order valence-electron chi connectivity index (χ4n) is 1.89. The Labute approximate surface area is 109 Å². The molecule has 2 rings (SSSR count). The van der Waals surface area contributed by atoms with Crippen LogP contribution in [0.4, 0.5) is 13.2 Å². The van der Waals surface area contributed by atoms with Gasteiger partial charge in [0.25, 0.3) is 0 Å². The van der Waals surface area contributed by atoms with Crippen molar-refractivity contribution in [1.82, 2.24) is 5.32 Å². The van der Waals surface area contributed by atoms with E-state index in [9.17, 15) is 13.2 Å². The first-order chi connectivity index (χ1) is 9.03. The number of hydrogen-bond donors (Lipinski definition) is 0. The van der Waals surface area contributed by atoms with Crippen LogP contribution in [0.2, 0.25) is 0 Å². The summed E-state index contributed by atoms with van der Waals surface area (Å²) in [6.45, 7) is 2.04. The van der Waals surface area contributed by atoms with E-state index in [4.69, 9.17) is 4.74 Å². The van der Waals surface area contributed by atoms with Crippen LogP contribution in [0.3, 0.4) is 0 Å². The normalized spacial score (nSPS) is 17.4. The Hall–Kier alpha value is -1.27. The van der Waals surface area contributed by atoms with Gasteiger partial charge in [-0.05, 0) is 30.5 Å². The van der Waals surface area contributed by atoms with Gasteiger partial charge in [0.2, 0.25) is 0 Å². The molecule has 3 nitrogen and oxygen atoms in total. The summed E-state index contributed by atoms with van der Waals surface area (Å²) in [6.07, 6.45) is -2.63. The van der Waals surface area contributed by atoms with Crippen molar-refractivity contribution in [3.8, 4) is 5.75 Å². The van der Waals surface area contributed by atoms with Crippen LogP contribution in [0.15, 0.2) is 24.3 Å². The van der Waals surface area contributed by atoms with Gasteiger partial charge >= 0.3 is 6.36 Å². The number of nitrogens with zero attached hydrogens (tertiary/aromatic N) is 1. The molecule has 19 heavy (non-hydrogen) atoms. The molecule has 0 bridgehead atoms. The molecule has 1 aliphatic rings. The molecule has 105 valence electrons. The van der Waals surface area contributed by atoms with Gasteiger partial charge in [-0.3, -0.25) is 0 Å². The quantitative estimate of drug-likeness (QED) is 0.845. The SMILES string of the molecule is FC(F)(F)Oc1ccc(COC2CC[N]CC2)cc1. The summed E-state index contributed by atoms with van der Waals surface area (Å²) in [5, 5.41) is 4.22. The highest BCUT2D eigenvalue weighted by atomic mass is 19.4. The molecular formula is C13H15F3NO2. The lowest BCUT2D eigenvalue weighted by Crippen LogP contribution is -2.28. The molecule has 1 saturated heterocycles. The predicted octanol–water partition coefficient (Wildman–Crippen LogP) is 2.87. The van der Waals surface area contributed by atoms with Gasteiger partial charge in [-0.25, -0.2) is 5.32 Å². The monoisotopic (exact) mass is 274 g/mol. The molecule has 1 radical (unpaired) electrons. The van der Waals surface area contributed by atoms with Crippen molar-refractivity contribution in [2.45, 2.75) is 31.9 Å². The van der Waals surface area contributed by atoms with Gasteiger partial charge in [-0.15, -0.1) is 13.2 Å². The summed E-state index contributed by atoms with van der Waals surface area (Å²) in [4.78, 5) is 0. The van der Waals surface area contributed by atoms with E-state index in [0.29, 0.717) is 6.61 Å². The molecular weight excluding hydrogens is 259 g/mol. The molecule has 0 unspecified atom stereocenters. The smallest absolute Gasteiger partial charge is 0.406 e. The molecule has 1 aliphatic heterocycles. The Morgan fingerprint density at radius 3 is 2.32 bits per heavy atom. The molecule has 0 saturated carbocycles. The van der Waals surface area contributed by atoms with Crippen molar-refractivity contribution in [2.24, 2.45) is 0 Å². The summed E-state index contributed by atoms with van der Waals surface area (Å²) >= 11 is 0. The van der Waals surface area contributed by atoms with Gasteiger partial charge in [0.05, 0.1) is 12.7 Å². The Kier molecular flexibility index (Phi) is 4.66. The molecule has 1 fully saturated rings. The molecule has 0 aromatic heterocycles. The summed E-state index contributed by atoms with van der Waals surface area (Å²) < 4.78 is 45.4. The number of hydrogen-bond acceptors (Lipinski definition) is 2. The summed E-state index contributed by atoms with van der Waals surface area (Å²) in [5.41, 5.74) is 0.831. The van der Waals surface area contributed by atoms with Gasteiger partial charge in [0.1, 0.15) is 5.75 Å². The third-order valence-corrected chi connectivity index (χ3v) is 2.86. The molecule has 0 amide bonds. The topological polar surface area (TPSA) is 32.6 Å². The van der Waals surface area contributed by atoms with Crippen LogP contribution in [-0.4, -0.2) is 25.6 Å². The van der Waals surface area contributed by atoms with Crippen LogP contribution in [0.5, 0.6) is 5.75 Å². The van der Waals surface area contributed by atoms with Gasteiger partial charge in [0.15, 0.2) is 0 Å². The summed E-state index contributed by atoms with van der Waals surface area (Å²) in [5.74, 6) is -0.215. The second kappa shape index (κ2) is 6.25. The molecule has 0 spiro atoms. The molecule has 0 atom stereocenters. The van der Waals surface area contributed by atoms with Crippen molar-refractivity contribution < 1.29 is 22.6 Å². The number of benzene rings is 1. The zero-order valence-electron chi connectivity index (χ0n) is 10.3. The Morgan fingerprint density at radius 2 is 1.74 bits per heavy atom. The van der Waals surface area contributed by atoms with E-state index in [1.165, 1.54) is 12.1 Å². The first kappa shape index (κ1) is 14.1. The lowest BCUT2D eigenvalue weighted by atomic mass is 10.1.